The van der Waals surface area contributed by atoms with E-state index in [-0.39, 0.29) is 5.91 Å². The number of benzene rings is 1. The molecule has 1 atom stereocenters. The summed E-state index contributed by atoms with van der Waals surface area (Å²) in [4.78, 5) is 21.3. The number of rotatable bonds is 9. The Morgan fingerprint density at radius 2 is 2.10 bits per heavy atom. The second-order valence-electron chi connectivity index (χ2n) is 8.10. The van der Waals surface area contributed by atoms with Gasteiger partial charge in [-0.05, 0) is 45.2 Å². The average Bonchev–Trinajstić information content (AvgIpc) is 3.17. The number of amides is 1. The third-order valence-corrected chi connectivity index (χ3v) is 6.40. The van der Waals surface area contributed by atoms with Crippen LogP contribution in [0.4, 0.5) is 5.13 Å². The van der Waals surface area contributed by atoms with Crippen molar-refractivity contribution in [3.8, 4) is 0 Å². The Morgan fingerprint density at radius 1 is 1.31 bits per heavy atom. The number of aryl methyl sites for hydroxylation is 1. The first-order valence-electron chi connectivity index (χ1n) is 10.6. The molecule has 1 aliphatic heterocycles. The maximum Gasteiger partial charge on any atom is 0.239 e. The zero-order valence-electron chi connectivity index (χ0n) is 17.9. The van der Waals surface area contributed by atoms with Gasteiger partial charge in [0.25, 0.3) is 0 Å². The van der Waals surface area contributed by atoms with Gasteiger partial charge < -0.3 is 15.1 Å². The summed E-state index contributed by atoms with van der Waals surface area (Å²) in [6.07, 6.45) is 5.66. The number of hydrogen-bond donors (Lipinski definition) is 1. The maximum atomic E-state index is 12.3. The lowest BCUT2D eigenvalue weighted by Crippen LogP contribution is -2.40. The zero-order chi connectivity index (χ0) is 20.6. The third kappa shape index (κ3) is 6.78. The Bertz CT molecular complexity index is 776. The van der Waals surface area contributed by atoms with Crippen molar-refractivity contribution in [1.82, 2.24) is 19.6 Å². The highest BCUT2D eigenvalue weighted by molar-refractivity contribution is 7.09. The van der Waals surface area contributed by atoms with Crippen molar-refractivity contribution in [3.05, 3.63) is 41.2 Å². The second kappa shape index (κ2) is 10.7. The van der Waals surface area contributed by atoms with Crippen LogP contribution in [0.5, 0.6) is 0 Å². The quantitative estimate of drug-likeness (QED) is 0.637. The molecule has 0 aliphatic carbocycles. The molecular weight excluding hydrogens is 382 g/mol. The van der Waals surface area contributed by atoms with Crippen molar-refractivity contribution >= 4 is 22.6 Å². The summed E-state index contributed by atoms with van der Waals surface area (Å²) in [5.41, 5.74) is 2.44. The summed E-state index contributed by atoms with van der Waals surface area (Å²) in [5, 5.41) is 3.82. The molecule has 2 heterocycles. The van der Waals surface area contributed by atoms with Gasteiger partial charge in [-0.15, -0.1) is 0 Å². The van der Waals surface area contributed by atoms with Crippen LogP contribution in [0.15, 0.2) is 24.3 Å². The fourth-order valence-electron chi connectivity index (χ4n) is 3.70. The van der Waals surface area contributed by atoms with E-state index in [2.05, 4.69) is 57.7 Å². The predicted molar refractivity (Wildman–Crippen MR) is 120 cm³/mol. The number of nitrogens with one attached hydrogen (secondary N) is 1. The summed E-state index contributed by atoms with van der Waals surface area (Å²) < 4.78 is 4.45. The largest absolute Gasteiger partial charge is 0.355 e. The zero-order valence-corrected chi connectivity index (χ0v) is 18.7. The fourth-order valence-corrected chi connectivity index (χ4v) is 4.34. The number of likely N-dealkylation sites (N-methyl/N-ethyl adjacent to an activating group) is 1. The number of likely N-dealkylation sites (tertiary alicyclic amines) is 1. The van der Waals surface area contributed by atoms with E-state index in [1.807, 2.05) is 11.9 Å². The third-order valence-electron chi connectivity index (χ3n) is 5.53. The van der Waals surface area contributed by atoms with Crippen LogP contribution in [0.3, 0.4) is 0 Å². The summed E-state index contributed by atoms with van der Waals surface area (Å²) in [5.74, 6) is 0.839. The number of aromatic nitrogens is 2. The molecule has 7 heteroatoms. The molecule has 0 radical (unpaired) electrons. The van der Waals surface area contributed by atoms with Crippen LogP contribution in [-0.2, 0) is 11.2 Å². The molecule has 29 heavy (non-hydrogen) atoms. The first-order valence-corrected chi connectivity index (χ1v) is 11.4. The van der Waals surface area contributed by atoms with Crippen molar-refractivity contribution in [2.24, 2.45) is 0 Å². The SMILES string of the molecule is Cc1ccc(Cc2nsc(N(C)CC(=O)NCCCN3CCCCC3C)n2)cc1. The first-order chi connectivity index (χ1) is 14.0. The molecule has 1 unspecified atom stereocenters. The van der Waals surface area contributed by atoms with E-state index in [0.29, 0.717) is 19.0 Å². The molecule has 1 N–H and O–H groups in total. The van der Waals surface area contributed by atoms with Crippen molar-refractivity contribution in [2.45, 2.75) is 52.0 Å². The highest BCUT2D eigenvalue weighted by atomic mass is 32.1. The smallest absolute Gasteiger partial charge is 0.239 e. The molecule has 1 aromatic heterocycles. The van der Waals surface area contributed by atoms with E-state index in [1.165, 1.54) is 48.5 Å². The van der Waals surface area contributed by atoms with Crippen LogP contribution >= 0.6 is 11.5 Å². The van der Waals surface area contributed by atoms with Crippen LogP contribution in [0, 0.1) is 6.92 Å². The number of piperidine rings is 1. The van der Waals surface area contributed by atoms with Gasteiger partial charge in [-0.1, -0.05) is 36.2 Å². The van der Waals surface area contributed by atoms with Crippen LogP contribution < -0.4 is 10.2 Å². The first kappa shape index (κ1) is 21.7. The minimum atomic E-state index is 0.0366. The summed E-state index contributed by atoms with van der Waals surface area (Å²) in [7, 11) is 1.89. The second-order valence-corrected chi connectivity index (χ2v) is 8.83. The van der Waals surface area contributed by atoms with Gasteiger partial charge in [0.15, 0.2) is 0 Å². The van der Waals surface area contributed by atoms with Gasteiger partial charge in [0.2, 0.25) is 11.0 Å². The van der Waals surface area contributed by atoms with Gasteiger partial charge in [-0.3, -0.25) is 4.79 Å². The van der Waals surface area contributed by atoms with Gasteiger partial charge in [-0.25, -0.2) is 4.98 Å². The molecule has 158 valence electrons. The predicted octanol–water partition coefficient (Wildman–Crippen LogP) is 3.25. The molecule has 0 bridgehead atoms. The van der Waals surface area contributed by atoms with Crippen molar-refractivity contribution < 1.29 is 4.79 Å². The van der Waals surface area contributed by atoms with Crippen molar-refractivity contribution in [2.75, 3.05) is 38.1 Å². The fraction of sp³-hybridized carbons (Fsp3) is 0.591. The highest BCUT2D eigenvalue weighted by Gasteiger charge is 2.17. The molecule has 1 amide bonds. The number of carbonyl (C=O) groups excluding carboxylic acids is 1. The van der Waals surface area contributed by atoms with Crippen molar-refractivity contribution in [3.63, 3.8) is 0 Å². The van der Waals surface area contributed by atoms with Crippen molar-refractivity contribution in [1.29, 1.82) is 0 Å². The van der Waals surface area contributed by atoms with E-state index in [9.17, 15) is 4.79 Å². The molecule has 2 aromatic rings. The Kier molecular flexibility index (Phi) is 8.00. The minimum absolute atomic E-state index is 0.0366. The van der Waals surface area contributed by atoms with Gasteiger partial charge in [-0.2, -0.15) is 4.37 Å². The highest BCUT2D eigenvalue weighted by Crippen LogP contribution is 2.18. The number of carbonyl (C=O) groups is 1. The summed E-state index contributed by atoms with van der Waals surface area (Å²) in [6, 6.07) is 9.10. The Hall–Kier alpha value is -1.99. The van der Waals surface area contributed by atoms with Gasteiger partial charge in [0, 0.05) is 44.1 Å². The summed E-state index contributed by atoms with van der Waals surface area (Å²) in [6.45, 7) is 7.68. The lowest BCUT2D eigenvalue weighted by Gasteiger charge is -2.33. The molecule has 1 aliphatic rings. The standard InChI is InChI=1S/C22H33N5OS/c1-17-8-10-19(11-9-17)15-20-24-22(29-25-20)26(3)16-21(28)23-12-6-14-27-13-5-4-7-18(27)2/h8-11,18H,4-7,12-16H2,1-3H3,(H,23,28). The molecule has 6 nitrogen and oxygen atoms in total. The lowest BCUT2D eigenvalue weighted by molar-refractivity contribution is -0.119. The topological polar surface area (TPSA) is 61.4 Å². The van der Waals surface area contributed by atoms with Gasteiger partial charge in [0.05, 0.1) is 6.54 Å². The maximum absolute atomic E-state index is 12.3. The molecule has 1 saturated heterocycles. The molecular formula is C22H33N5OS. The number of anilines is 1. The lowest BCUT2D eigenvalue weighted by atomic mass is 10.0. The number of nitrogens with zero attached hydrogens (tertiary/aromatic N) is 4. The van der Waals surface area contributed by atoms with Gasteiger partial charge >= 0.3 is 0 Å². The summed E-state index contributed by atoms with van der Waals surface area (Å²) >= 11 is 1.35. The Morgan fingerprint density at radius 3 is 2.86 bits per heavy atom. The number of hydrogen-bond acceptors (Lipinski definition) is 6. The van der Waals surface area contributed by atoms with E-state index >= 15 is 0 Å². The molecule has 0 saturated carbocycles. The van der Waals surface area contributed by atoms with Gasteiger partial charge in [0.1, 0.15) is 5.82 Å². The molecule has 3 rings (SSSR count). The minimum Gasteiger partial charge on any atom is -0.355 e. The normalized spacial score (nSPS) is 17.3. The van der Waals surface area contributed by atoms with Crippen LogP contribution in [-0.4, -0.2) is 59.4 Å². The van der Waals surface area contributed by atoms with E-state index in [1.54, 1.807) is 0 Å². The van der Waals surface area contributed by atoms with Crippen LogP contribution in [0.25, 0.3) is 0 Å². The Labute approximate surface area is 178 Å². The van der Waals surface area contributed by atoms with Crippen LogP contribution in [0.2, 0.25) is 0 Å². The van der Waals surface area contributed by atoms with Crippen LogP contribution in [0.1, 0.15) is 49.6 Å². The molecule has 1 fully saturated rings. The van der Waals surface area contributed by atoms with E-state index in [0.717, 1.165) is 30.5 Å². The average molecular weight is 416 g/mol. The van der Waals surface area contributed by atoms with E-state index in [4.69, 9.17) is 0 Å². The Balaban J connectivity index is 1.38. The van der Waals surface area contributed by atoms with E-state index < -0.39 is 0 Å². The molecule has 0 spiro atoms. The molecule has 1 aromatic carbocycles. The monoisotopic (exact) mass is 415 g/mol.